The predicted octanol–water partition coefficient (Wildman–Crippen LogP) is 3.05. The number of aliphatic carboxylic acids is 1. The lowest BCUT2D eigenvalue weighted by Gasteiger charge is -2.09. The second-order valence-electron chi connectivity index (χ2n) is 4.45. The maximum absolute atomic E-state index is 12.2. The third-order valence-electron chi connectivity index (χ3n) is 2.94. The van der Waals surface area contributed by atoms with Crippen molar-refractivity contribution in [2.24, 2.45) is 0 Å². The number of anilines is 1. The van der Waals surface area contributed by atoms with Gasteiger partial charge >= 0.3 is 5.97 Å². The van der Waals surface area contributed by atoms with Crippen LogP contribution < -0.4 is 10.1 Å². The zero-order valence-electron chi connectivity index (χ0n) is 11.9. The Labute approximate surface area is 127 Å². The van der Waals surface area contributed by atoms with Crippen molar-refractivity contribution in [1.82, 2.24) is 0 Å². The molecule has 2 N–H and O–H groups in total. The second kappa shape index (κ2) is 7.08. The van der Waals surface area contributed by atoms with Gasteiger partial charge < -0.3 is 15.2 Å². The van der Waals surface area contributed by atoms with Crippen LogP contribution in [0, 0.1) is 0 Å². The molecule has 22 heavy (non-hydrogen) atoms. The lowest BCUT2D eigenvalue weighted by atomic mass is 10.1. The third-order valence-corrected chi connectivity index (χ3v) is 2.94. The first kappa shape index (κ1) is 15.3. The second-order valence-corrected chi connectivity index (χ2v) is 4.45. The van der Waals surface area contributed by atoms with Crippen LogP contribution in [0.1, 0.15) is 15.9 Å². The fourth-order valence-electron chi connectivity index (χ4n) is 1.88. The minimum atomic E-state index is -1.01. The van der Waals surface area contributed by atoms with Gasteiger partial charge in [0.15, 0.2) is 0 Å². The molecule has 0 aromatic heterocycles. The van der Waals surface area contributed by atoms with Gasteiger partial charge in [-0.05, 0) is 35.9 Å². The van der Waals surface area contributed by atoms with E-state index in [0.717, 1.165) is 11.6 Å². The molecule has 5 heteroatoms. The van der Waals surface area contributed by atoms with Crippen molar-refractivity contribution in [2.45, 2.75) is 0 Å². The molecule has 0 spiro atoms. The van der Waals surface area contributed by atoms with Crippen LogP contribution in [0.5, 0.6) is 5.75 Å². The van der Waals surface area contributed by atoms with Crippen molar-refractivity contribution in [3.8, 4) is 5.75 Å². The molecule has 0 unspecified atom stereocenters. The number of rotatable bonds is 5. The van der Waals surface area contributed by atoms with Crippen molar-refractivity contribution in [3.63, 3.8) is 0 Å². The zero-order valence-corrected chi connectivity index (χ0v) is 11.9. The highest BCUT2D eigenvalue weighted by molar-refractivity contribution is 6.06. The van der Waals surface area contributed by atoms with Gasteiger partial charge in [0.05, 0.1) is 12.7 Å². The van der Waals surface area contributed by atoms with Gasteiger partial charge in [-0.15, -0.1) is 0 Å². The number of carbonyl (C=O) groups excluding carboxylic acids is 1. The largest absolute Gasteiger partial charge is 0.496 e. The monoisotopic (exact) mass is 297 g/mol. The normalized spacial score (nSPS) is 10.4. The van der Waals surface area contributed by atoms with Gasteiger partial charge in [0.25, 0.3) is 5.91 Å². The Morgan fingerprint density at radius 3 is 2.41 bits per heavy atom. The summed E-state index contributed by atoms with van der Waals surface area (Å²) in [6.07, 6.45) is 2.54. The van der Waals surface area contributed by atoms with E-state index in [9.17, 15) is 9.59 Å². The van der Waals surface area contributed by atoms with E-state index in [1.165, 1.54) is 13.2 Å². The molecule has 2 aromatic carbocycles. The van der Waals surface area contributed by atoms with Crippen LogP contribution in [0.2, 0.25) is 0 Å². The van der Waals surface area contributed by atoms with Crippen LogP contribution >= 0.6 is 0 Å². The molecule has 0 aliphatic carbocycles. The van der Waals surface area contributed by atoms with Crippen molar-refractivity contribution >= 4 is 23.6 Å². The Morgan fingerprint density at radius 1 is 1.09 bits per heavy atom. The van der Waals surface area contributed by atoms with Crippen molar-refractivity contribution in [1.29, 1.82) is 0 Å². The van der Waals surface area contributed by atoms with Crippen molar-refractivity contribution < 1.29 is 19.4 Å². The Balaban J connectivity index is 2.10. The molecule has 0 radical (unpaired) electrons. The first-order valence-corrected chi connectivity index (χ1v) is 6.55. The first-order valence-electron chi connectivity index (χ1n) is 6.55. The van der Waals surface area contributed by atoms with Gasteiger partial charge in [-0.3, -0.25) is 4.79 Å². The lowest BCUT2D eigenvalue weighted by Crippen LogP contribution is -2.12. The van der Waals surface area contributed by atoms with E-state index in [1.807, 2.05) is 0 Å². The van der Waals surface area contributed by atoms with Crippen LogP contribution in [0.15, 0.2) is 54.6 Å². The molecule has 5 nitrogen and oxygen atoms in total. The maximum Gasteiger partial charge on any atom is 0.328 e. The number of para-hydroxylation sites is 1. The number of carbonyl (C=O) groups is 2. The number of amides is 1. The Kier molecular flexibility index (Phi) is 4.93. The number of methoxy groups -OCH3 is 1. The minimum absolute atomic E-state index is 0.272. The van der Waals surface area contributed by atoms with Crippen LogP contribution in [0.25, 0.3) is 6.08 Å². The van der Waals surface area contributed by atoms with Gasteiger partial charge in [-0.2, -0.15) is 0 Å². The summed E-state index contributed by atoms with van der Waals surface area (Å²) in [5, 5.41) is 11.3. The van der Waals surface area contributed by atoms with Gasteiger partial charge in [0.1, 0.15) is 5.75 Å². The topological polar surface area (TPSA) is 75.6 Å². The van der Waals surface area contributed by atoms with E-state index in [-0.39, 0.29) is 5.91 Å². The summed E-state index contributed by atoms with van der Waals surface area (Å²) in [5.74, 6) is -0.777. The molecule has 0 aliphatic heterocycles. The zero-order chi connectivity index (χ0) is 15.9. The predicted molar refractivity (Wildman–Crippen MR) is 84.1 cm³/mol. The molecule has 0 heterocycles. The average molecular weight is 297 g/mol. The number of carboxylic acid groups (broad SMARTS) is 1. The summed E-state index contributed by atoms with van der Waals surface area (Å²) in [5.41, 5.74) is 1.79. The van der Waals surface area contributed by atoms with E-state index in [4.69, 9.17) is 9.84 Å². The number of ether oxygens (including phenoxy) is 1. The lowest BCUT2D eigenvalue weighted by molar-refractivity contribution is -0.131. The fourth-order valence-corrected chi connectivity index (χ4v) is 1.88. The summed E-state index contributed by atoms with van der Waals surface area (Å²) in [6.45, 7) is 0. The summed E-state index contributed by atoms with van der Waals surface area (Å²) < 4.78 is 5.15. The molecule has 2 rings (SSSR count). The Bertz CT molecular complexity index is 705. The van der Waals surface area contributed by atoms with Gasteiger partial charge in [0, 0.05) is 11.8 Å². The van der Waals surface area contributed by atoms with Crippen LogP contribution in [0.4, 0.5) is 5.69 Å². The van der Waals surface area contributed by atoms with Crippen LogP contribution in [-0.4, -0.2) is 24.1 Å². The molecule has 0 atom stereocenters. The maximum atomic E-state index is 12.2. The van der Waals surface area contributed by atoms with Crippen LogP contribution in [0.3, 0.4) is 0 Å². The molecule has 2 aromatic rings. The highest BCUT2D eigenvalue weighted by Crippen LogP contribution is 2.19. The highest BCUT2D eigenvalue weighted by Gasteiger charge is 2.11. The number of hydrogen-bond donors (Lipinski definition) is 2. The van der Waals surface area contributed by atoms with Gasteiger partial charge in [-0.1, -0.05) is 24.3 Å². The summed E-state index contributed by atoms with van der Waals surface area (Å²) in [4.78, 5) is 22.7. The van der Waals surface area contributed by atoms with Gasteiger partial charge in [-0.25, -0.2) is 4.79 Å². The summed E-state index contributed by atoms with van der Waals surface area (Å²) >= 11 is 0. The third kappa shape index (κ3) is 3.96. The summed E-state index contributed by atoms with van der Waals surface area (Å²) in [7, 11) is 1.51. The molecule has 0 aliphatic rings. The minimum Gasteiger partial charge on any atom is -0.496 e. The number of benzene rings is 2. The van der Waals surface area contributed by atoms with Gasteiger partial charge in [0.2, 0.25) is 0 Å². The molecule has 0 bridgehead atoms. The summed E-state index contributed by atoms with van der Waals surface area (Å²) in [6, 6.07) is 13.8. The Morgan fingerprint density at radius 2 is 1.77 bits per heavy atom. The highest BCUT2D eigenvalue weighted by atomic mass is 16.5. The first-order chi connectivity index (χ1) is 10.6. The SMILES string of the molecule is COc1ccccc1C(=O)Nc1ccc(C=CC(=O)O)cc1. The number of nitrogens with one attached hydrogen (secondary N) is 1. The molecule has 0 saturated heterocycles. The molecule has 0 fully saturated rings. The number of hydrogen-bond acceptors (Lipinski definition) is 3. The fraction of sp³-hybridized carbons (Fsp3) is 0.0588. The molecule has 1 amide bonds. The standard InChI is InChI=1S/C17H15NO4/c1-22-15-5-3-2-4-14(15)17(21)18-13-9-6-12(7-10-13)8-11-16(19)20/h2-11H,1H3,(H,18,21)(H,19,20). The van der Waals surface area contributed by atoms with Crippen LogP contribution in [-0.2, 0) is 4.79 Å². The molecular formula is C17H15NO4. The van der Waals surface area contributed by atoms with E-state index in [1.54, 1.807) is 48.5 Å². The molecule has 0 saturated carbocycles. The smallest absolute Gasteiger partial charge is 0.328 e. The van der Waals surface area contributed by atoms with E-state index in [2.05, 4.69) is 5.32 Å². The Hall–Kier alpha value is -3.08. The quantitative estimate of drug-likeness (QED) is 0.832. The van der Waals surface area contributed by atoms with Crippen molar-refractivity contribution in [3.05, 3.63) is 65.7 Å². The van der Waals surface area contributed by atoms with E-state index in [0.29, 0.717) is 17.0 Å². The average Bonchev–Trinajstić information content (AvgIpc) is 2.54. The van der Waals surface area contributed by atoms with E-state index >= 15 is 0 Å². The molecule has 112 valence electrons. The van der Waals surface area contributed by atoms with Crippen molar-refractivity contribution in [2.75, 3.05) is 12.4 Å². The van der Waals surface area contributed by atoms with E-state index < -0.39 is 5.97 Å². The number of carboxylic acids is 1. The molecular weight excluding hydrogens is 282 g/mol.